The predicted molar refractivity (Wildman–Crippen MR) is 72.9 cm³/mol. The summed E-state index contributed by atoms with van der Waals surface area (Å²) in [5, 5.41) is 3.58. The largest absolute Gasteiger partial charge is 0.352 e. The summed E-state index contributed by atoms with van der Waals surface area (Å²) in [5.74, 6) is 0.0157. The molecule has 18 heavy (non-hydrogen) atoms. The summed E-state index contributed by atoms with van der Waals surface area (Å²) >= 11 is 6.19. The van der Waals surface area contributed by atoms with Gasteiger partial charge >= 0.3 is 0 Å². The number of nitrogens with one attached hydrogen (secondary N) is 1. The Kier molecular flexibility index (Phi) is 2.80. The van der Waals surface area contributed by atoms with Crippen LogP contribution >= 0.6 is 11.6 Å². The zero-order valence-electron chi connectivity index (χ0n) is 9.74. The van der Waals surface area contributed by atoms with Crippen LogP contribution in [-0.2, 0) is 6.42 Å². The maximum Gasteiger partial charge on any atom is 0.251 e. The van der Waals surface area contributed by atoms with Crippen molar-refractivity contribution >= 4 is 17.5 Å². The van der Waals surface area contributed by atoms with Gasteiger partial charge in [-0.3, -0.25) is 4.79 Å². The molecule has 3 rings (SSSR count). The Morgan fingerprint density at radius 1 is 1.06 bits per heavy atom. The summed E-state index contributed by atoms with van der Waals surface area (Å²) in [7, 11) is 0. The Hall–Kier alpha value is -1.80. The third-order valence-electron chi connectivity index (χ3n) is 3.21. The van der Waals surface area contributed by atoms with Crippen molar-refractivity contribution in [2.45, 2.75) is 6.42 Å². The van der Waals surface area contributed by atoms with Crippen molar-refractivity contribution < 1.29 is 4.79 Å². The summed E-state index contributed by atoms with van der Waals surface area (Å²) in [6.45, 7) is 0.706. The lowest BCUT2D eigenvalue weighted by atomic mass is 9.95. The van der Waals surface area contributed by atoms with E-state index in [0.29, 0.717) is 6.54 Å². The SMILES string of the molecule is O=C1NCCc2cc(-c3ccccc3Cl)ccc21. The van der Waals surface area contributed by atoms with Gasteiger partial charge in [0.2, 0.25) is 0 Å². The Balaban J connectivity index is 2.10. The maximum atomic E-state index is 11.7. The Morgan fingerprint density at radius 2 is 1.89 bits per heavy atom. The Labute approximate surface area is 111 Å². The minimum atomic E-state index is 0.0157. The molecule has 0 unspecified atom stereocenters. The smallest absolute Gasteiger partial charge is 0.251 e. The number of benzene rings is 2. The average Bonchev–Trinajstić information content (AvgIpc) is 2.39. The van der Waals surface area contributed by atoms with E-state index in [2.05, 4.69) is 11.4 Å². The second kappa shape index (κ2) is 4.46. The molecular weight excluding hydrogens is 246 g/mol. The van der Waals surface area contributed by atoms with E-state index in [4.69, 9.17) is 11.6 Å². The lowest BCUT2D eigenvalue weighted by Gasteiger charge is -2.17. The second-order valence-electron chi connectivity index (χ2n) is 4.36. The number of amides is 1. The minimum absolute atomic E-state index is 0.0157. The molecule has 0 saturated heterocycles. The van der Waals surface area contributed by atoms with E-state index in [1.54, 1.807) is 0 Å². The number of carbonyl (C=O) groups is 1. The molecule has 90 valence electrons. The summed E-state index contributed by atoms with van der Waals surface area (Å²) in [6, 6.07) is 13.6. The highest BCUT2D eigenvalue weighted by atomic mass is 35.5. The van der Waals surface area contributed by atoms with Gasteiger partial charge in [0.05, 0.1) is 0 Å². The van der Waals surface area contributed by atoms with Gasteiger partial charge in [-0.15, -0.1) is 0 Å². The highest BCUT2D eigenvalue weighted by Crippen LogP contribution is 2.29. The molecule has 0 aromatic heterocycles. The molecule has 3 heteroatoms. The molecule has 0 spiro atoms. The summed E-state index contributed by atoms with van der Waals surface area (Å²) in [4.78, 5) is 11.7. The van der Waals surface area contributed by atoms with Gasteiger partial charge in [0.15, 0.2) is 0 Å². The lowest BCUT2D eigenvalue weighted by Crippen LogP contribution is -2.31. The highest BCUT2D eigenvalue weighted by molar-refractivity contribution is 6.33. The van der Waals surface area contributed by atoms with Crippen LogP contribution < -0.4 is 5.32 Å². The molecule has 1 aliphatic heterocycles. The molecule has 2 nitrogen and oxygen atoms in total. The first-order chi connectivity index (χ1) is 8.75. The van der Waals surface area contributed by atoms with Crippen LogP contribution in [0, 0.1) is 0 Å². The van der Waals surface area contributed by atoms with E-state index in [-0.39, 0.29) is 5.91 Å². The van der Waals surface area contributed by atoms with Gasteiger partial charge in [0.1, 0.15) is 0 Å². The van der Waals surface area contributed by atoms with E-state index < -0.39 is 0 Å². The fraction of sp³-hybridized carbons (Fsp3) is 0.133. The Morgan fingerprint density at radius 3 is 2.72 bits per heavy atom. The molecule has 1 aliphatic rings. The van der Waals surface area contributed by atoms with Gasteiger partial charge in [0, 0.05) is 22.7 Å². The van der Waals surface area contributed by atoms with Crippen molar-refractivity contribution in [2.75, 3.05) is 6.54 Å². The van der Waals surface area contributed by atoms with Crippen LogP contribution in [0.15, 0.2) is 42.5 Å². The number of halogens is 1. The topological polar surface area (TPSA) is 29.1 Å². The number of hydrogen-bond acceptors (Lipinski definition) is 1. The molecule has 0 saturated carbocycles. The first-order valence-corrected chi connectivity index (χ1v) is 6.29. The minimum Gasteiger partial charge on any atom is -0.352 e. The maximum absolute atomic E-state index is 11.7. The molecule has 0 aliphatic carbocycles. The quantitative estimate of drug-likeness (QED) is 0.835. The second-order valence-corrected chi connectivity index (χ2v) is 4.76. The van der Waals surface area contributed by atoms with E-state index in [9.17, 15) is 4.79 Å². The zero-order chi connectivity index (χ0) is 12.5. The van der Waals surface area contributed by atoms with Crippen LogP contribution in [0.2, 0.25) is 5.02 Å². The third kappa shape index (κ3) is 1.89. The monoisotopic (exact) mass is 257 g/mol. The van der Waals surface area contributed by atoms with Crippen molar-refractivity contribution in [3.8, 4) is 11.1 Å². The van der Waals surface area contributed by atoms with Crippen LogP contribution in [0.5, 0.6) is 0 Å². The lowest BCUT2D eigenvalue weighted by molar-refractivity contribution is 0.0946. The molecule has 2 aromatic carbocycles. The molecule has 1 N–H and O–H groups in total. The standard InChI is InChI=1S/C15H12ClNO/c16-14-4-2-1-3-12(14)10-5-6-13-11(9-10)7-8-17-15(13)18/h1-6,9H,7-8H2,(H,17,18). The van der Waals surface area contributed by atoms with Crippen LogP contribution in [-0.4, -0.2) is 12.5 Å². The predicted octanol–water partition coefficient (Wildman–Crippen LogP) is 3.29. The molecule has 2 aromatic rings. The van der Waals surface area contributed by atoms with Crippen molar-refractivity contribution in [2.24, 2.45) is 0 Å². The van der Waals surface area contributed by atoms with Gasteiger partial charge in [-0.25, -0.2) is 0 Å². The van der Waals surface area contributed by atoms with Crippen molar-refractivity contribution in [1.29, 1.82) is 0 Å². The molecular formula is C15H12ClNO. The van der Waals surface area contributed by atoms with Crippen molar-refractivity contribution in [1.82, 2.24) is 5.32 Å². The third-order valence-corrected chi connectivity index (χ3v) is 3.54. The first-order valence-electron chi connectivity index (χ1n) is 5.92. The van der Waals surface area contributed by atoms with Gasteiger partial charge in [-0.1, -0.05) is 41.9 Å². The molecule has 1 amide bonds. The molecule has 0 radical (unpaired) electrons. The summed E-state index contributed by atoms with van der Waals surface area (Å²) in [5.41, 5.74) is 3.94. The summed E-state index contributed by atoms with van der Waals surface area (Å²) in [6.07, 6.45) is 0.874. The van der Waals surface area contributed by atoms with Gasteiger partial charge in [0.25, 0.3) is 5.91 Å². The number of hydrogen-bond donors (Lipinski definition) is 1. The van der Waals surface area contributed by atoms with Crippen LogP contribution in [0.4, 0.5) is 0 Å². The zero-order valence-corrected chi connectivity index (χ0v) is 10.5. The van der Waals surface area contributed by atoms with Gasteiger partial charge in [-0.05, 0) is 29.7 Å². The van der Waals surface area contributed by atoms with E-state index in [0.717, 1.165) is 33.7 Å². The van der Waals surface area contributed by atoms with E-state index in [1.165, 1.54) is 0 Å². The molecule has 1 heterocycles. The van der Waals surface area contributed by atoms with Crippen LogP contribution in [0.25, 0.3) is 11.1 Å². The first kappa shape index (κ1) is 11.3. The van der Waals surface area contributed by atoms with Crippen LogP contribution in [0.3, 0.4) is 0 Å². The summed E-state index contributed by atoms with van der Waals surface area (Å²) < 4.78 is 0. The van der Waals surface area contributed by atoms with Crippen molar-refractivity contribution in [3.05, 3.63) is 58.6 Å². The van der Waals surface area contributed by atoms with E-state index >= 15 is 0 Å². The fourth-order valence-electron chi connectivity index (χ4n) is 2.29. The van der Waals surface area contributed by atoms with Crippen molar-refractivity contribution in [3.63, 3.8) is 0 Å². The number of carbonyl (C=O) groups excluding carboxylic acids is 1. The van der Waals surface area contributed by atoms with Gasteiger partial charge in [-0.2, -0.15) is 0 Å². The number of rotatable bonds is 1. The van der Waals surface area contributed by atoms with Gasteiger partial charge < -0.3 is 5.32 Å². The molecule has 0 bridgehead atoms. The fourth-order valence-corrected chi connectivity index (χ4v) is 2.54. The highest BCUT2D eigenvalue weighted by Gasteiger charge is 2.17. The Bertz CT molecular complexity index is 622. The molecule has 0 atom stereocenters. The normalized spacial score (nSPS) is 13.9. The average molecular weight is 258 g/mol. The van der Waals surface area contributed by atoms with Crippen LogP contribution in [0.1, 0.15) is 15.9 Å². The van der Waals surface area contributed by atoms with E-state index in [1.807, 2.05) is 36.4 Å². The molecule has 0 fully saturated rings. The number of fused-ring (bicyclic) bond motifs is 1.